The summed E-state index contributed by atoms with van der Waals surface area (Å²) >= 11 is 1.51. The van der Waals surface area contributed by atoms with Crippen LogP contribution in [0.15, 0.2) is 41.8 Å². The van der Waals surface area contributed by atoms with Gasteiger partial charge in [-0.15, -0.1) is 11.3 Å². The van der Waals surface area contributed by atoms with E-state index >= 15 is 0 Å². The van der Waals surface area contributed by atoms with Crippen LogP contribution in [0.2, 0.25) is 0 Å². The Balaban J connectivity index is 2.00. The summed E-state index contributed by atoms with van der Waals surface area (Å²) in [5.41, 5.74) is 8.25. The van der Waals surface area contributed by atoms with E-state index in [1.165, 1.54) is 11.3 Å². The van der Waals surface area contributed by atoms with Gasteiger partial charge in [-0.2, -0.15) is 0 Å². The van der Waals surface area contributed by atoms with Crippen molar-refractivity contribution in [2.24, 2.45) is 5.73 Å². The predicted octanol–water partition coefficient (Wildman–Crippen LogP) is 2.47. The number of rotatable bonds is 5. The molecule has 2 aromatic rings. The van der Waals surface area contributed by atoms with Crippen LogP contribution < -0.4 is 10.6 Å². The number of hydrogen-bond acceptors (Lipinski definition) is 4. The standard InChI is InChI=1S/C16H21N3OS/c1-18(2)13-8-6-12(7-9-13)11-19(3)16(20)15(17)14-5-4-10-21-14/h4-10,15H,11,17H2,1-3H3. The smallest absolute Gasteiger partial charge is 0.244 e. The van der Waals surface area contributed by atoms with E-state index in [4.69, 9.17) is 5.73 Å². The average molecular weight is 303 g/mol. The molecule has 0 aliphatic heterocycles. The van der Waals surface area contributed by atoms with Crippen LogP contribution in [-0.2, 0) is 11.3 Å². The Bertz CT molecular complexity index is 578. The lowest BCUT2D eigenvalue weighted by Gasteiger charge is -2.21. The molecule has 1 aromatic carbocycles. The zero-order valence-corrected chi connectivity index (χ0v) is 13.4. The molecule has 1 atom stereocenters. The molecule has 5 heteroatoms. The van der Waals surface area contributed by atoms with Crippen molar-refractivity contribution in [3.63, 3.8) is 0 Å². The number of nitrogens with two attached hydrogens (primary N) is 1. The number of carbonyl (C=O) groups is 1. The molecule has 0 bridgehead atoms. The largest absolute Gasteiger partial charge is 0.378 e. The van der Waals surface area contributed by atoms with Gasteiger partial charge in [-0.1, -0.05) is 18.2 Å². The molecule has 0 aliphatic carbocycles. The zero-order valence-electron chi connectivity index (χ0n) is 12.6. The van der Waals surface area contributed by atoms with Gasteiger partial charge >= 0.3 is 0 Å². The fraction of sp³-hybridized carbons (Fsp3) is 0.312. The number of anilines is 1. The molecule has 112 valence electrons. The van der Waals surface area contributed by atoms with Gasteiger partial charge in [0.2, 0.25) is 5.91 Å². The minimum absolute atomic E-state index is 0.0610. The number of nitrogens with zero attached hydrogens (tertiary/aromatic N) is 2. The van der Waals surface area contributed by atoms with E-state index in [-0.39, 0.29) is 5.91 Å². The molecule has 0 radical (unpaired) electrons. The fourth-order valence-electron chi connectivity index (χ4n) is 2.08. The van der Waals surface area contributed by atoms with Crippen molar-refractivity contribution in [2.45, 2.75) is 12.6 Å². The van der Waals surface area contributed by atoms with Gasteiger partial charge in [-0.25, -0.2) is 0 Å². The molecule has 4 nitrogen and oxygen atoms in total. The van der Waals surface area contributed by atoms with Crippen LogP contribution in [0.1, 0.15) is 16.5 Å². The molecule has 0 spiro atoms. The van der Waals surface area contributed by atoms with E-state index in [2.05, 4.69) is 0 Å². The zero-order chi connectivity index (χ0) is 15.4. The van der Waals surface area contributed by atoms with Crippen molar-refractivity contribution >= 4 is 22.9 Å². The van der Waals surface area contributed by atoms with Crippen molar-refractivity contribution in [2.75, 3.05) is 26.0 Å². The lowest BCUT2D eigenvalue weighted by Crippen LogP contribution is -2.35. The first-order valence-corrected chi connectivity index (χ1v) is 7.67. The van der Waals surface area contributed by atoms with Crippen LogP contribution in [0.3, 0.4) is 0 Å². The summed E-state index contributed by atoms with van der Waals surface area (Å²) in [4.78, 5) is 16.9. The van der Waals surface area contributed by atoms with Gasteiger partial charge in [0.1, 0.15) is 6.04 Å². The molecule has 2 rings (SSSR count). The molecule has 1 amide bonds. The summed E-state index contributed by atoms with van der Waals surface area (Å²) < 4.78 is 0. The molecule has 1 heterocycles. The van der Waals surface area contributed by atoms with Crippen LogP contribution in [0, 0.1) is 0 Å². The number of thiophene rings is 1. The second kappa shape index (κ2) is 6.74. The summed E-state index contributed by atoms with van der Waals surface area (Å²) in [7, 11) is 5.80. The molecule has 0 aliphatic rings. The van der Waals surface area contributed by atoms with E-state index in [9.17, 15) is 4.79 Å². The fourth-order valence-corrected chi connectivity index (χ4v) is 2.80. The van der Waals surface area contributed by atoms with Crippen LogP contribution in [0.5, 0.6) is 0 Å². The lowest BCUT2D eigenvalue weighted by atomic mass is 10.1. The Morgan fingerprint density at radius 3 is 2.38 bits per heavy atom. The Morgan fingerprint density at radius 2 is 1.86 bits per heavy atom. The van der Waals surface area contributed by atoms with E-state index in [1.807, 2.05) is 60.8 Å². The lowest BCUT2D eigenvalue weighted by molar-refractivity contribution is -0.131. The highest BCUT2D eigenvalue weighted by atomic mass is 32.1. The minimum atomic E-state index is -0.573. The average Bonchev–Trinajstić information content (AvgIpc) is 3.00. The number of hydrogen-bond donors (Lipinski definition) is 1. The second-order valence-electron chi connectivity index (χ2n) is 5.25. The molecule has 1 unspecified atom stereocenters. The van der Waals surface area contributed by atoms with Crippen molar-refractivity contribution in [3.05, 3.63) is 52.2 Å². The number of amides is 1. The highest BCUT2D eigenvalue weighted by Gasteiger charge is 2.20. The van der Waals surface area contributed by atoms with E-state index < -0.39 is 6.04 Å². The molecule has 2 N–H and O–H groups in total. The van der Waals surface area contributed by atoms with Crippen LogP contribution in [-0.4, -0.2) is 32.0 Å². The summed E-state index contributed by atoms with van der Waals surface area (Å²) in [6.07, 6.45) is 0. The normalized spacial score (nSPS) is 12.0. The van der Waals surface area contributed by atoms with Crippen molar-refractivity contribution < 1.29 is 4.79 Å². The van der Waals surface area contributed by atoms with Crippen molar-refractivity contribution in [1.29, 1.82) is 0 Å². The summed E-state index contributed by atoms with van der Waals surface area (Å²) in [5.74, 6) is -0.0610. The maximum absolute atomic E-state index is 12.3. The first-order chi connectivity index (χ1) is 9.99. The van der Waals surface area contributed by atoms with Gasteiger partial charge in [0.05, 0.1) is 0 Å². The first-order valence-electron chi connectivity index (χ1n) is 6.79. The number of benzene rings is 1. The van der Waals surface area contributed by atoms with Crippen molar-refractivity contribution in [1.82, 2.24) is 4.90 Å². The maximum atomic E-state index is 12.3. The van der Waals surface area contributed by atoms with Gasteiger partial charge in [0.15, 0.2) is 0 Å². The molecule has 0 saturated carbocycles. The van der Waals surface area contributed by atoms with Gasteiger partial charge in [0, 0.05) is 38.3 Å². The third kappa shape index (κ3) is 3.83. The molecule has 0 saturated heterocycles. The molecule has 0 fully saturated rings. The number of likely N-dealkylation sites (N-methyl/N-ethyl adjacent to an activating group) is 1. The molecular formula is C16H21N3OS. The monoisotopic (exact) mass is 303 g/mol. The van der Waals surface area contributed by atoms with Gasteiger partial charge in [-0.3, -0.25) is 4.79 Å². The molecular weight excluding hydrogens is 282 g/mol. The van der Waals surface area contributed by atoms with Crippen molar-refractivity contribution in [3.8, 4) is 0 Å². The molecule has 1 aromatic heterocycles. The Labute approximate surface area is 129 Å². The quantitative estimate of drug-likeness (QED) is 0.923. The predicted molar refractivity (Wildman–Crippen MR) is 88.5 cm³/mol. The number of carbonyl (C=O) groups excluding carboxylic acids is 1. The second-order valence-corrected chi connectivity index (χ2v) is 6.23. The van der Waals surface area contributed by atoms with Crippen LogP contribution in [0.25, 0.3) is 0 Å². The SMILES string of the molecule is CN(Cc1ccc(N(C)C)cc1)C(=O)C(N)c1cccs1. The van der Waals surface area contributed by atoms with Crippen LogP contribution >= 0.6 is 11.3 Å². The topological polar surface area (TPSA) is 49.6 Å². The van der Waals surface area contributed by atoms with Gasteiger partial charge in [0.25, 0.3) is 0 Å². The first kappa shape index (κ1) is 15.5. The summed E-state index contributed by atoms with van der Waals surface area (Å²) in [6, 6.07) is 11.4. The third-order valence-corrected chi connectivity index (χ3v) is 4.32. The summed E-state index contributed by atoms with van der Waals surface area (Å²) in [6.45, 7) is 0.561. The summed E-state index contributed by atoms with van der Waals surface area (Å²) in [5, 5.41) is 1.93. The maximum Gasteiger partial charge on any atom is 0.244 e. The Morgan fingerprint density at radius 1 is 1.19 bits per heavy atom. The van der Waals surface area contributed by atoms with E-state index in [0.29, 0.717) is 6.54 Å². The van der Waals surface area contributed by atoms with Gasteiger partial charge < -0.3 is 15.5 Å². The van der Waals surface area contributed by atoms with Crippen LogP contribution in [0.4, 0.5) is 5.69 Å². The minimum Gasteiger partial charge on any atom is -0.378 e. The highest BCUT2D eigenvalue weighted by Crippen LogP contribution is 2.19. The highest BCUT2D eigenvalue weighted by molar-refractivity contribution is 7.10. The Hall–Kier alpha value is -1.85. The molecule has 21 heavy (non-hydrogen) atoms. The Kier molecular flexibility index (Phi) is 4.98. The van der Waals surface area contributed by atoms with E-state index in [1.54, 1.807) is 11.9 Å². The van der Waals surface area contributed by atoms with E-state index in [0.717, 1.165) is 16.1 Å². The van der Waals surface area contributed by atoms with Gasteiger partial charge in [-0.05, 0) is 29.1 Å². The third-order valence-electron chi connectivity index (χ3n) is 3.36.